The zero-order valence-electron chi connectivity index (χ0n) is 10.6. The maximum absolute atomic E-state index is 11.2. The molecule has 0 radical (unpaired) electrons. The predicted octanol–water partition coefficient (Wildman–Crippen LogP) is 1.31. The smallest absolute Gasteiger partial charge is 0.323 e. The lowest BCUT2D eigenvalue weighted by molar-refractivity contribution is -0.144. The molecular weight excluding hydrogens is 204 g/mol. The minimum absolute atomic E-state index is 0.440. The highest BCUT2D eigenvalue weighted by Crippen LogP contribution is 2.25. The van der Waals surface area contributed by atoms with Crippen LogP contribution in [0.5, 0.6) is 0 Å². The van der Waals surface area contributed by atoms with Crippen LogP contribution in [0.3, 0.4) is 0 Å². The second kappa shape index (κ2) is 5.64. The van der Waals surface area contributed by atoms with Crippen LogP contribution in [-0.4, -0.2) is 48.2 Å². The van der Waals surface area contributed by atoms with Crippen molar-refractivity contribution < 1.29 is 9.90 Å². The molecule has 4 heteroatoms. The molecule has 2 N–H and O–H groups in total. The van der Waals surface area contributed by atoms with Crippen LogP contribution in [0.4, 0.5) is 0 Å². The maximum atomic E-state index is 11.2. The number of carbonyl (C=O) groups is 1. The molecule has 1 aliphatic carbocycles. The van der Waals surface area contributed by atoms with Gasteiger partial charge in [-0.3, -0.25) is 10.1 Å². The number of rotatable bonds is 8. The second-order valence-electron chi connectivity index (χ2n) is 5.32. The van der Waals surface area contributed by atoms with Crippen LogP contribution in [0.2, 0.25) is 0 Å². The van der Waals surface area contributed by atoms with Gasteiger partial charge < -0.3 is 10.0 Å². The lowest BCUT2D eigenvalue weighted by Gasteiger charge is -2.26. The third-order valence-electron chi connectivity index (χ3n) is 3.10. The maximum Gasteiger partial charge on any atom is 0.323 e. The average molecular weight is 228 g/mol. The summed E-state index contributed by atoms with van der Waals surface area (Å²) in [4.78, 5) is 13.4. The summed E-state index contributed by atoms with van der Waals surface area (Å²) in [7, 11) is 4.08. The minimum Gasteiger partial charge on any atom is -0.480 e. The number of nitrogens with one attached hydrogen (secondary N) is 1. The Kier molecular flexibility index (Phi) is 4.74. The molecule has 0 aromatic rings. The second-order valence-corrected chi connectivity index (χ2v) is 5.32. The molecule has 4 nitrogen and oxygen atoms in total. The third kappa shape index (κ3) is 4.49. The van der Waals surface area contributed by atoms with E-state index in [1.807, 2.05) is 21.0 Å². The van der Waals surface area contributed by atoms with Crippen molar-refractivity contribution in [3.63, 3.8) is 0 Å². The monoisotopic (exact) mass is 228 g/mol. The van der Waals surface area contributed by atoms with Gasteiger partial charge in [0.2, 0.25) is 0 Å². The van der Waals surface area contributed by atoms with E-state index in [4.69, 9.17) is 0 Å². The number of carboxylic acid groups (broad SMARTS) is 1. The largest absolute Gasteiger partial charge is 0.480 e. The van der Waals surface area contributed by atoms with Gasteiger partial charge in [0.15, 0.2) is 0 Å². The Morgan fingerprint density at radius 2 is 2.06 bits per heavy atom. The van der Waals surface area contributed by atoms with E-state index in [-0.39, 0.29) is 0 Å². The van der Waals surface area contributed by atoms with Crippen LogP contribution in [0.1, 0.15) is 39.0 Å². The van der Waals surface area contributed by atoms with Crippen LogP contribution in [-0.2, 0) is 4.79 Å². The van der Waals surface area contributed by atoms with E-state index in [0.29, 0.717) is 12.5 Å². The molecule has 0 heterocycles. The SMILES string of the molecule is CN(C)CCCCC(C)(NC1CC1)C(=O)O. The Hall–Kier alpha value is -0.610. The predicted molar refractivity (Wildman–Crippen MR) is 64.6 cm³/mol. The summed E-state index contributed by atoms with van der Waals surface area (Å²) in [5.74, 6) is -0.718. The molecule has 1 unspecified atom stereocenters. The molecule has 0 amide bonds. The van der Waals surface area contributed by atoms with Crippen LogP contribution in [0.25, 0.3) is 0 Å². The minimum atomic E-state index is -0.729. The van der Waals surface area contributed by atoms with Gasteiger partial charge >= 0.3 is 5.97 Å². The van der Waals surface area contributed by atoms with Gasteiger partial charge in [0, 0.05) is 6.04 Å². The first kappa shape index (κ1) is 13.5. The first-order valence-electron chi connectivity index (χ1n) is 6.10. The quantitative estimate of drug-likeness (QED) is 0.615. The first-order chi connectivity index (χ1) is 7.44. The molecule has 0 spiro atoms. The Morgan fingerprint density at radius 3 is 2.50 bits per heavy atom. The highest BCUT2D eigenvalue weighted by Gasteiger charge is 2.37. The molecule has 0 saturated heterocycles. The number of hydrogen-bond acceptors (Lipinski definition) is 3. The van der Waals surface area contributed by atoms with Crippen molar-refractivity contribution in [1.82, 2.24) is 10.2 Å². The van der Waals surface area contributed by atoms with E-state index in [0.717, 1.165) is 32.2 Å². The summed E-state index contributed by atoms with van der Waals surface area (Å²) in [6, 6.07) is 0.440. The van der Waals surface area contributed by atoms with Crippen molar-refractivity contribution in [3.05, 3.63) is 0 Å². The van der Waals surface area contributed by atoms with Crippen molar-refractivity contribution >= 4 is 5.97 Å². The fourth-order valence-electron chi connectivity index (χ4n) is 1.83. The Balaban J connectivity index is 2.29. The molecule has 1 atom stereocenters. The van der Waals surface area contributed by atoms with Gasteiger partial charge in [-0.1, -0.05) is 0 Å². The first-order valence-corrected chi connectivity index (χ1v) is 6.10. The molecule has 1 rings (SSSR count). The molecule has 0 bridgehead atoms. The summed E-state index contributed by atoms with van der Waals surface area (Å²) in [5, 5.41) is 12.5. The molecule has 0 aromatic heterocycles. The highest BCUT2D eigenvalue weighted by molar-refractivity contribution is 5.78. The van der Waals surface area contributed by atoms with Gasteiger partial charge in [0.05, 0.1) is 0 Å². The summed E-state index contributed by atoms with van der Waals surface area (Å²) < 4.78 is 0. The Bertz CT molecular complexity index is 239. The van der Waals surface area contributed by atoms with E-state index in [1.54, 1.807) is 0 Å². The lowest BCUT2D eigenvalue weighted by atomic mass is 9.94. The number of hydrogen-bond donors (Lipinski definition) is 2. The van der Waals surface area contributed by atoms with E-state index >= 15 is 0 Å². The molecule has 1 aliphatic rings. The molecular formula is C12H24N2O2. The van der Waals surface area contributed by atoms with Gasteiger partial charge in [-0.15, -0.1) is 0 Å². The zero-order chi connectivity index (χ0) is 12.2. The Morgan fingerprint density at radius 1 is 1.44 bits per heavy atom. The van der Waals surface area contributed by atoms with Gasteiger partial charge in [0.25, 0.3) is 0 Å². The molecule has 94 valence electrons. The van der Waals surface area contributed by atoms with E-state index < -0.39 is 11.5 Å². The van der Waals surface area contributed by atoms with Crippen LogP contribution >= 0.6 is 0 Å². The van der Waals surface area contributed by atoms with Gasteiger partial charge in [-0.25, -0.2) is 0 Å². The summed E-state index contributed by atoms with van der Waals surface area (Å²) >= 11 is 0. The van der Waals surface area contributed by atoms with Crippen LogP contribution in [0.15, 0.2) is 0 Å². The van der Waals surface area contributed by atoms with Gasteiger partial charge in [-0.2, -0.15) is 0 Å². The Labute approximate surface area is 98.0 Å². The topological polar surface area (TPSA) is 52.6 Å². The zero-order valence-corrected chi connectivity index (χ0v) is 10.6. The van der Waals surface area contributed by atoms with Crippen LogP contribution < -0.4 is 5.32 Å². The van der Waals surface area contributed by atoms with Gasteiger partial charge in [-0.05, 0) is 59.7 Å². The average Bonchev–Trinajstić information content (AvgIpc) is 2.96. The van der Waals surface area contributed by atoms with E-state index in [9.17, 15) is 9.90 Å². The van der Waals surface area contributed by atoms with Crippen molar-refractivity contribution in [2.24, 2.45) is 0 Å². The van der Waals surface area contributed by atoms with Gasteiger partial charge in [0.1, 0.15) is 5.54 Å². The highest BCUT2D eigenvalue weighted by atomic mass is 16.4. The summed E-state index contributed by atoms with van der Waals surface area (Å²) in [6.45, 7) is 2.84. The van der Waals surface area contributed by atoms with E-state index in [1.165, 1.54) is 0 Å². The summed E-state index contributed by atoms with van der Waals surface area (Å²) in [5.41, 5.74) is -0.729. The third-order valence-corrected chi connectivity index (χ3v) is 3.10. The molecule has 1 fully saturated rings. The number of carboxylic acids is 1. The number of nitrogens with zero attached hydrogens (tertiary/aromatic N) is 1. The lowest BCUT2D eigenvalue weighted by Crippen LogP contribution is -2.50. The number of unbranched alkanes of at least 4 members (excludes halogenated alkanes) is 1. The molecule has 0 aliphatic heterocycles. The standard InChI is InChI=1S/C12H24N2O2/c1-12(11(15)16,13-10-6-7-10)8-4-5-9-14(2)3/h10,13H,4-9H2,1-3H3,(H,15,16). The van der Waals surface area contributed by atoms with Crippen molar-refractivity contribution in [3.8, 4) is 0 Å². The molecule has 16 heavy (non-hydrogen) atoms. The van der Waals surface area contributed by atoms with Crippen molar-refractivity contribution in [2.75, 3.05) is 20.6 Å². The molecule has 0 aromatic carbocycles. The fraction of sp³-hybridized carbons (Fsp3) is 0.917. The fourth-order valence-corrected chi connectivity index (χ4v) is 1.83. The normalized spacial score (nSPS) is 19.8. The van der Waals surface area contributed by atoms with Crippen LogP contribution in [0, 0.1) is 0 Å². The molecule has 1 saturated carbocycles. The number of aliphatic carboxylic acids is 1. The van der Waals surface area contributed by atoms with Crippen molar-refractivity contribution in [2.45, 2.75) is 50.6 Å². The summed E-state index contributed by atoms with van der Waals surface area (Å²) in [6.07, 6.45) is 4.98. The van der Waals surface area contributed by atoms with E-state index in [2.05, 4.69) is 10.2 Å². The van der Waals surface area contributed by atoms with Crippen molar-refractivity contribution in [1.29, 1.82) is 0 Å².